The Kier molecular flexibility index (Phi) is 7.57. The second kappa shape index (κ2) is 10.1. The minimum absolute atomic E-state index is 0.00827. The van der Waals surface area contributed by atoms with Gasteiger partial charge < -0.3 is 23.7 Å². The lowest BCUT2D eigenvalue weighted by Gasteiger charge is -2.22. The van der Waals surface area contributed by atoms with Crippen molar-refractivity contribution in [3.63, 3.8) is 0 Å². The van der Waals surface area contributed by atoms with E-state index in [4.69, 9.17) is 28.5 Å². The molecule has 0 aromatic heterocycles. The predicted octanol–water partition coefficient (Wildman–Crippen LogP) is 1.49. The molecule has 2 aliphatic heterocycles. The molecule has 3 rings (SSSR count). The van der Waals surface area contributed by atoms with Gasteiger partial charge in [0.05, 0.1) is 25.1 Å². The van der Waals surface area contributed by atoms with Gasteiger partial charge in [0, 0.05) is 14.2 Å². The molecule has 8 heteroatoms. The van der Waals surface area contributed by atoms with Crippen molar-refractivity contribution in [1.82, 2.24) is 5.06 Å². The Hall–Kier alpha value is -1.55. The molecular formula is C19H27NO7. The van der Waals surface area contributed by atoms with Gasteiger partial charge in [0.2, 0.25) is 0 Å². The van der Waals surface area contributed by atoms with Crippen molar-refractivity contribution in [3.05, 3.63) is 35.9 Å². The number of ether oxygens (including phenoxy) is 5. The van der Waals surface area contributed by atoms with Crippen molar-refractivity contribution < 1.29 is 33.3 Å². The molecule has 2 fully saturated rings. The third kappa shape index (κ3) is 5.47. The molecule has 0 radical (unpaired) electrons. The molecule has 0 amide bonds. The number of hydrogen-bond donors (Lipinski definition) is 0. The molecule has 0 spiro atoms. The van der Waals surface area contributed by atoms with Gasteiger partial charge in [0.15, 0.2) is 0 Å². The maximum atomic E-state index is 12.1. The highest BCUT2D eigenvalue weighted by Crippen LogP contribution is 2.35. The molecule has 1 aromatic rings. The van der Waals surface area contributed by atoms with E-state index in [1.54, 1.807) is 14.2 Å². The van der Waals surface area contributed by atoms with Crippen molar-refractivity contribution in [1.29, 1.82) is 0 Å². The topological polar surface area (TPSA) is 75.7 Å². The van der Waals surface area contributed by atoms with Crippen LogP contribution in [0.4, 0.5) is 0 Å². The third-order valence-corrected chi connectivity index (χ3v) is 4.68. The Morgan fingerprint density at radius 1 is 1.15 bits per heavy atom. The van der Waals surface area contributed by atoms with Crippen LogP contribution in [0.15, 0.2) is 30.3 Å². The van der Waals surface area contributed by atoms with Crippen LogP contribution in [-0.4, -0.2) is 69.7 Å². The number of rotatable bonds is 10. The van der Waals surface area contributed by atoms with Crippen LogP contribution in [0.25, 0.3) is 0 Å². The Bertz CT molecular complexity index is 585. The van der Waals surface area contributed by atoms with Crippen molar-refractivity contribution in [2.24, 2.45) is 0 Å². The Morgan fingerprint density at radius 3 is 2.63 bits per heavy atom. The molecule has 27 heavy (non-hydrogen) atoms. The first-order chi connectivity index (χ1) is 13.2. The van der Waals surface area contributed by atoms with Crippen molar-refractivity contribution >= 4 is 5.97 Å². The van der Waals surface area contributed by atoms with Crippen LogP contribution < -0.4 is 0 Å². The maximum Gasteiger partial charge on any atom is 0.308 e. The van der Waals surface area contributed by atoms with Crippen molar-refractivity contribution in [2.75, 3.05) is 34.4 Å². The largest absolute Gasteiger partial charge is 0.461 e. The Morgan fingerprint density at radius 2 is 1.89 bits per heavy atom. The van der Waals surface area contributed by atoms with Gasteiger partial charge in [-0.15, -0.1) is 0 Å². The van der Waals surface area contributed by atoms with E-state index in [0.29, 0.717) is 13.0 Å². The van der Waals surface area contributed by atoms with Crippen molar-refractivity contribution in [2.45, 2.75) is 43.8 Å². The normalized spacial score (nSPS) is 27.6. The number of methoxy groups -OCH3 is 2. The molecule has 0 bridgehead atoms. The molecule has 0 saturated carbocycles. The fourth-order valence-corrected chi connectivity index (χ4v) is 3.48. The first-order valence-corrected chi connectivity index (χ1v) is 9.05. The molecule has 150 valence electrons. The van der Waals surface area contributed by atoms with Crippen LogP contribution in [-0.2, 0) is 39.9 Å². The molecule has 2 aliphatic rings. The zero-order valence-electron chi connectivity index (χ0n) is 15.7. The predicted molar refractivity (Wildman–Crippen MR) is 94.3 cm³/mol. The van der Waals surface area contributed by atoms with E-state index in [1.807, 2.05) is 35.4 Å². The molecule has 0 aliphatic carbocycles. The number of hydroxylamine groups is 2. The third-order valence-electron chi connectivity index (χ3n) is 4.68. The van der Waals surface area contributed by atoms with E-state index in [9.17, 15) is 4.79 Å². The zero-order chi connectivity index (χ0) is 19.1. The average Bonchev–Trinajstić information content (AvgIpc) is 3.21. The van der Waals surface area contributed by atoms with Crippen molar-refractivity contribution in [3.8, 4) is 0 Å². The van der Waals surface area contributed by atoms with Crippen LogP contribution in [0, 0.1) is 0 Å². The number of nitrogens with zero attached hydrogens (tertiary/aromatic N) is 1. The number of carbonyl (C=O) groups excluding carboxylic acids is 1. The lowest BCUT2D eigenvalue weighted by molar-refractivity contribution is -0.171. The first-order valence-electron chi connectivity index (χ1n) is 9.05. The molecule has 2 saturated heterocycles. The highest BCUT2D eigenvalue weighted by molar-refractivity contribution is 5.70. The summed E-state index contributed by atoms with van der Waals surface area (Å²) >= 11 is 0. The molecule has 4 atom stereocenters. The quantitative estimate of drug-likeness (QED) is 0.446. The lowest BCUT2D eigenvalue weighted by Crippen LogP contribution is -2.37. The highest BCUT2D eigenvalue weighted by atomic mass is 16.7. The molecule has 8 nitrogen and oxygen atoms in total. The van der Waals surface area contributed by atoms with E-state index in [1.165, 1.54) is 0 Å². The summed E-state index contributed by atoms with van der Waals surface area (Å²) in [6.07, 6.45) is 0.277. The highest BCUT2D eigenvalue weighted by Gasteiger charge is 2.50. The number of carbonyl (C=O) groups is 1. The molecule has 0 unspecified atom stereocenters. The van der Waals surface area contributed by atoms with Gasteiger partial charge >= 0.3 is 5.97 Å². The minimum atomic E-state index is -0.272. The summed E-state index contributed by atoms with van der Waals surface area (Å²) in [4.78, 5) is 18.1. The minimum Gasteiger partial charge on any atom is -0.461 e. The second-order valence-electron chi connectivity index (χ2n) is 6.63. The van der Waals surface area contributed by atoms with Crippen LogP contribution in [0.5, 0.6) is 0 Å². The maximum absolute atomic E-state index is 12.1. The van der Waals surface area contributed by atoms with Gasteiger partial charge in [0.25, 0.3) is 0 Å². The van der Waals surface area contributed by atoms with E-state index < -0.39 is 0 Å². The molecular weight excluding hydrogens is 354 g/mol. The van der Waals surface area contributed by atoms with Gasteiger partial charge in [-0.25, -0.2) is 0 Å². The Labute approximate surface area is 159 Å². The zero-order valence-corrected chi connectivity index (χ0v) is 15.7. The molecule has 2 heterocycles. The van der Waals surface area contributed by atoms with Gasteiger partial charge in [-0.1, -0.05) is 30.3 Å². The van der Waals surface area contributed by atoms with Gasteiger partial charge in [-0.05, 0) is 12.0 Å². The van der Waals surface area contributed by atoms with E-state index in [2.05, 4.69) is 0 Å². The second-order valence-corrected chi connectivity index (χ2v) is 6.63. The summed E-state index contributed by atoms with van der Waals surface area (Å²) < 4.78 is 26.8. The summed E-state index contributed by atoms with van der Waals surface area (Å²) in [6, 6.07) is 9.62. The van der Waals surface area contributed by atoms with E-state index in [-0.39, 0.29) is 56.9 Å². The van der Waals surface area contributed by atoms with Crippen LogP contribution >= 0.6 is 0 Å². The fourth-order valence-electron chi connectivity index (χ4n) is 3.48. The monoisotopic (exact) mass is 381 g/mol. The number of hydrogen-bond acceptors (Lipinski definition) is 8. The van der Waals surface area contributed by atoms with E-state index in [0.717, 1.165) is 5.56 Å². The summed E-state index contributed by atoms with van der Waals surface area (Å²) in [7, 11) is 3.16. The standard InChI is InChI=1S/C19H27NO7/c1-22-12-25-17-10-20-16(19(17)26-13-23-2)8-15(27-20)9-18(21)24-11-14-6-4-3-5-7-14/h3-7,15-17,19H,8-13H2,1-2H3/t15-,16-,17-,19-/m0/s1. The van der Waals surface area contributed by atoms with Gasteiger partial charge in [-0.2, -0.15) is 5.06 Å². The average molecular weight is 381 g/mol. The summed E-state index contributed by atoms with van der Waals surface area (Å²) in [5.74, 6) is -0.272. The summed E-state index contributed by atoms with van der Waals surface area (Å²) in [6.45, 7) is 1.18. The lowest BCUT2D eigenvalue weighted by atomic mass is 10.0. The van der Waals surface area contributed by atoms with Gasteiger partial charge in [0.1, 0.15) is 32.4 Å². The van der Waals surface area contributed by atoms with Gasteiger partial charge in [-0.3, -0.25) is 9.63 Å². The smallest absolute Gasteiger partial charge is 0.308 e. The molecule has 1 aromatic carbocycles. The van der Waals surface area contributed by atoms with Crippen LogP contribution in [0.2, 0.25) is 0 Å². The number of fused-ring (bicyclic) bond motifs is 1. The fraction of sp³-hybridized carbons (Fsp3) is 0.632. The summed E-state index contributed by atoms with van der Waals surface area (Å²) in [5.41, 5.74) is 0.963. The SMILES string of the molecule is COCO[C@@H]1[C@@H](OCOC)CN2O[C@H](CC(=O)OCc3ccccc3)C[C@@H]12. The van der Waals surface area contributed by atoms with Crippen LogP contribution in [0.1, 0.15) is 18.4 Å². The number of esters is 1. The Balaban J connectivity index is 1.47. The van der Waals surface area contributed by atoms with Crippen LogP contribution in [0.3, 0.4) is 0 Å². The van der Waals surface area contributed by atoms with E-state index >= 15 is 0 Å². The summed E-state index contributed by atoms with van der Waals surface area (Å²) in [5, 5.41) is 1.84. The number of benzene rings is 1. The first kappa shape index (κ1) is 20.2. The molecule has 0 N–H and O–H groups in total.